The molecule has 0 spiro atoms. The van der Waals surface area contributed by atoms with Crippen LogP contribution in [0.1, 0.15) is 21.8 Å². The summed E-state index contributed by atoms with van der Waals surface area (Å²) in [5.41, 5.74) is 3.76. The van der Waals surface area contributed by atoms with Crippen molar-refractivity contribution in [2.24, 2.45) is 0 Å². The molecular formula is C21H17FN2OS. The van der Waals surface area contributed by atoms with Gasteiger partial charge in [0.25, 0.3) is 5.56 Å². The standard InChI is InChI=1S/C21H17FN2OS/c1-12-6-8-15(9-7-12)18-13(2)26-21-19(18)20(25)23-17(24-21)11-14-4-3-5-16(22)10-14/h3-10H,11H2,1-2H3,(H,23,24,25). The lowest BCUT2D eigenvalue weighted by molar-refractivity contribution is 0.626. The summed E-state index contributed by atoms with van der Waals surface area (Å²) >= 11 is 1.51. The molecule has 0 aliphatic rings. The highest BCUT2D eigenvalue weighted by Gasteiger charge is 2.16. The topological polar surface area (TPSA) is 45.8 Å². The number of aryl methyl sites for hydroxylation is 2. The SMILES string of the molecule is Cc1ccc(-c2c(C)sc3nc(Cc4cccc(F)c4)[nH]c(=O)c23)cc1. The molecule has 3 nitrogen and oxygen atoms in total. The summed E-state index contributed by atoms with van der Waals surface area (Å²) in [5.74, 6) is 0.254. The second-order valence-corrected chi connectivity index (χ2v) is 7.60. The van der Waals surface area contributed by atoms with E-state index in [1.165, 1.54) is 29.0 Å². The number of fused-ring (bicyclic) bond motifs is 1. The van der Waals surface area contributed by atoms with E-state index in [9.17, 15) is 9.18 Å². The lowest BCUT2D eigenvalue weighted by Crippen LogP contribution is -2.11. The van der Waals surface area contributed by atoms with Gasteiger partial charge in [-0.3, -0.25) is 4.79 Å². The monoisotopic (exact) mass is 364 g/mol. The van der Waals surface area contributed by atoms with E-state index in [1.54, 1.807) is 6.07 Å². The van der Waals surface area contributed by atoms with Crippen molar-refractivity contribution in [2.45, 2.75) is 20.3 Å². The maximum absolute atomic E-state index is 13.4. The summed E-state index contributed by atoms with van der Waals surface area (Å²) < 4.78 is 13.4. The highest BCUT2D eigenvalue weighted by atomic mass is 32.1. The molecule has 2 aromatic heterocycles. The Bertz CT molecular complexity index is 1160. The zero-order chi connectivity index (χ0) is 18.3. The first-order chi connectivity index (χ1) is 12.5. The van der Waals surface area contributed by atoms with Crippen LogP contribution in [-0.2, 0) is 6.42 Å². The number of rotatable bonds is 3. The van der Waals surface area contributed by atoms with Crippen molar-refractivity contribution in [3.63, 3.8) is 0 Å². The summed E-state index contributed by atoms with van der Waals surface area (Å²) in [4.78, 5) is 22.0. The number of nitrogens with one attached hydrogen (secondary N) is 1. The molecule has 0 fully saturated rings. The third-order valence-electron chi connectivity index (χ3n) is 4.39. The van der Waals surface area contributed by atoms with Crippen LogP contribution in [0.25, 0.3) is 21.3 Å². The minimum atomic E-state index is -0.292. The van der Waals surface area contributed by atoms with Crippen LogP contribution < -0.4 is 5.56 Å². The van der Waals surface area contributed by atoms with Crippen molar-refractivity contribution < 1.29 is 4.39 Å². The molecule has 0 unspecified atom stereocenters. The van der Waals surface area contributed by atoms with Crippen molar-refractivity contribution in [3.05, 3.63) is 86.5 Å². The first-order valence-electron chi connectivity index (χ1n) is 8.35. The normalized spacial score (nSPS) is 11.2. The van der Waals surface area contributed by atoms with E-state index < -0.39 is 0 Å². The lowest BCUT2D eigenvalue weighted by atomic mass is 10.0. The smallest absolute Gasteiger partial charge is 0.260 e. The molecule has 0 bridgehead atoms. The van der Waals surface area contributed by atoms with Crippen molar-refractivity contribution >= 4 is 21.6 Å². The van der Waals surface area contributed by atoms with Crippen LogP contribution in [0.15, 0.2) is 53.3 Å². The molecule has 0 aliphatic heterocycles. The summed E-state index contributed by atoms with van der Waals surface area (Å²) in [5, 5.41) is 0.624. The van der Waals surface area contributed by atoms with Crippen LogP contribution in [0.2, 0.25) is 0 Å². The molecule has 4 aromatic rings. The second kappa shape index (κ2) is 6.50. The van der Waals surface area contributed by atoms with Gasteiger partial charge in [0.1, 0.15) is 16.5 Å². The molecule has 130 valence electrons. The van der Waals surface area contributed by atoms with Crippen LogP contribution in [0.3, 0.4) is 0 Å². The number of benzene rings is 2. The zero-order valence-corrected chi connectivity index (χ0v) is 15.3. The number of hydrogen-bond acceptors (Lipinski definition) is 3. The number of aromatic nitrogens is 2. The Morgan fingerprint density at radius 1 is 1.12 bits per heavy atom. The molecule has 0 atom stereocenters. The largest absolute Gasteiger partial charge is 0.310 e. The first kappa shape index (κ1) is 16.7. The predicted molar refractivity (Wildman–Crippen MR) is 104 cm³/mol. The van der Waals surface area contributed by atoms with Crippen LogP contribution in [0, 0.1) is 19.7 Å². The highest BCUT2D eigenvalue weighted by Crippen LogP contribution is 2.35. The van der Waals surface area contributed by atoms with E-state index in [0.29, 0.717) is 22.5 Å². The van der Waals surface area contributed by atoms with Gasteiger partial charge in [-0.25, -0.2) is 9.37 Å². The van der Waals surface area contributed by atoms with Gasteiger partial charge in [-0.1, -0.05) is 42.0 Å². The predicted octanol–water partition coefficient (Wildman–Crippen LogP) is 5.00. The molecule has 0 saturated heterocycles. The van der Waals surface area contributed by atoms with E-state index >= 15 is 0 Å². The van der Waals surface area contributed by atoms with Gasteiger partial charge in [-0.05, 0) is 37.1 Å². The van der Waals surface area contributed by atoms with E-state index in [1.807, 2.05) is 44.2 Å². The Labute approximate surface area is 154 Å². The third kappa shape index (κ3) is 3.06. The molecule has 26 heavy (non-hydrogen) atoms. The first-order valence-corrected chi connectivity index (χ1v) is 9.16. The molecule has 0 aliphatic carbocycles. The van der Waals surface area contributed by atoms with Gasteiger partial charge < -0.3 is 4.98 Å². The fourth-order valence-electron chi connectivity index (χ4n) is 3.16. The second-order valence-electron chi connectivity index (χ2n) is 6.40. The number of hydrogen-bond donors (Lipinski definition) is 1. The summed E-state index contributed by atoms with van der Waals surface area (Å²) in [7, 11) is 0. The lowest BCUT2D eigenvalue weighted by Gasteiger charge is -2.04. The minimum Gasteiger partial charge on any atom is -0.310 e. The molecule has 0 radical (unpaired) electrons. The Balaban J connectivity index is 1.82. The van der Waals surface area contributed by atoms with Crippen LogP contribution in [0.4, 0.5) is 4.39 Å². The Morgan fingerprint density at radius 2 is 1.88 bits per heavy atom. The number of H-pyrrole nitrogens is 1. The average Bonchev–Trinajstić information content (AvgIpc) is 2.92. The molecule has 2 heterocycles. The summed E-state index contributed by atoms with van der Waals surface area (Å²) in [6.45, 7) is 4.04. The maximum atomic E-state index is 13.4. The Hall–Kier alpha value is -2.79. The van der Waals surface area contributed by atoms with Crippen LogP contribution in [0.5, 0.6) is 0 Å². The number of halogens is 1. The summed E-state index contributed by atoms with van der Waals surface area (Å²) in [6, 6.07) is 14.5. The maximum Gasteiger partial charge on any atom is 0.260 e. The summed E-state index contributed by atoms with van der Waals surface area (Å²) in [6.07, 6.45) is 0.389. The fourth-order valence-corrected chi connectivity index (χ4v) is 4.22. The van der Waals surface area contributed by atoms with Crippen molar-refractivity contribution in [1.82, 2.24) is 9.97 Å². The molecule has 0 saturated carbocycles. The Kier molecular flexibility index (Phi) is 4.17. The third-order valence-corrected chi connectivity index (χ3v) is 5.39. The van der Waals surface area contributed by atoms with Crippen LogP contribution >= 0.6 is 11.3 Å². The number of aromatic amines is 1. The molecule has 5 heteroatoms. The van der Waals surface area contributed by atoms with Gasteiger partial charge in [0.15, 0.2) is 0 Å². The molecule has 0 amide bonds. The van der Waals surface area contributed by atoms with E-state index in [2.05, 4.69) is 9.97 Å². The minimum absolute atomic E-state index is 0.152. The molecule has 4 rings (SSSR count). The van der Waals surface area contributed by atoms with E-state index in [0.717, 1.165) is 21.6 Å². The highest BCUT2D eigenvalue weighted by molar-refractivity contribution is 7.19. The molecular weight excluding hydrogens is 347 g/mol. The van der Waals surface area contributed by atoms with Crippen LogP contribution in [-0.4, -0.2) is 9.97 Å². The fraction of sp³-hybridized carbons (Fsp3) is 0.143. The van der Waals surface area contributed by atoms with Gasteiger partial charge in [0.05, 0.1) is 5.39 Å². The van der Waals surface area contributed by atoms with Gasteiger partial charge in [0, 0.05) is 16.9 Å². The van der Waals surface area contributed by atoms with Crippen molar-refractivity contribution in [1.29, 1.82) is 0 Å². The number of thiophene rings is 1. The van der Waals surface area contributed by atoms with Crippen molar-refractivity contribution in [2.75, 3.05) is 0 Å². The molecule has 2 aromatic carbocycles. The Morgan fingerprint density at radius 3 is 2.62 bits per heavy atom. The average molecular weight is 364 g/mol. The van der Waals surface area contributed by atoms with Gasteiger partial charge in [-0.15, -0.1) is 11.3 Å². The van der Waals surface area contributed by atoms with Gasteiger partial charge in [0.2, 0.25) is 0 Å². The van der Waals surface area contributed by atoms with E-state index in [4.69, 9.17) is 0 Å². The zero-order valence-electron chi connectivity index (χ0n) is 14.5. The van der Waals surface area contributed by atoms with Gasteiger partial charge >= 0.3 is 0 Å². The van der Waals surface area contributed by atoms with Gasteiger partial charge in [-0.2, -0.15) is 0 Å². The van der Waals surface area contributed by atoms with E-state index in [-0.39, 0.29) is 11.4 Å². The molecule has 1 N–H and O–H groups in total. The quantitative estimate of drug-likeness (QED) is 0.556. The number of nitrogens with zero attached hydrogens (tertiary/aromatic N) is 1. The van der Waals surface area contributed by atoms with Crippen molar-refractivity contribution in [3.8, 4) is 11.1 Å².